The van der Waals surface area contributed by atoms with Gasteiger partial charge in [-0.1, -0.05) is 25.1 Å². The van der Waals surface area contributed by atoms with Crippen molar-refractivity contribution < 1.29 is 19.1 Å². The number of anilines is 1. The summed E-state index contributed by atoms with van der Waals surface area (Å²) in [5.41, 5.74) is 0.628. The predicted molar refractivity (Wildman–Crippen MR) is 100 cm³/mol. The molecule has 0 aromatic heterocycles. The van der Waals surface area contributed by atoms with Crippen molar-refractivity contribution in [3.63, 3.8) is 0 Å². The van der Waals surface area contributed by atoms with Gasteiger partial charge in [-0.2, -0.15) is 0 Å². The first kappa shape index (κ1) is 18.6. The van der Waals surface area contributed by atoms with Gasteiger partial charge >= 0.3 is 0 Å². The van der Waals surface area contributed by atoms with Gasteiger partial charge in [0.15, 0.2) is 0 Å². The van der Waals surface area contributed by atoms with Crippen LogP contribution < -0.4 is 15.4 Å². The van der Waals surface area contributed by atoms with Gasteiger partial charge in [-0.15, -0.1) is 0 Å². The van der Waals surface area contributed by atoms with Crippen LogP contribution in [0.4, 0.5) is 5.69 Å². The standard InChI is InChI=1S/C20H21N3O4/c1-2-23(17-12-18(24)22-20(17)26)13-19(25)21-14-8-10-16(11-9-14)27-15-6-4-3-5-7-15/h3-11,17H,2,12-13H2,1H3,(H,21,25)(H,22,24,26)/t17-/m0/s1. The molecule has 0 bridgehead atoms. The predicted octanol–water partition coefficient (Wildman–Crippen LogP) is 2.15. The Hall–Kier alpha value is -3.19. The molecule has 27 heavy (non-hydrogen) atoms. The van der Waals surface area contributed by atoms with Crippen molar-refractivity contribution in [2.24, 2.45) is 0 Å². The molecule has 1 saturated heterocycles. The lowest BCUT2D eigenvalue weighted by Crippen LogP contribution is -2.44. The number of ether oxygens (including phenoxy) is 1. The van der Waals surface area contributed by atoms with Crippen molar-refractivity contribution in [3.8, 4) is 11.5 Å². The number of nitrogens with one attached hydrogen (secondary N) is 2. The summed E-state index contributed by atoms with van der Waals surface area (Å²) in [4.78, 5) is 37.1. The summed E-state index contributed by atoms with van der Waals surface area (Å²) in [7, 11) is 0. The quantitative estimate of drug-likeness (QED) is 0.732. The normalized spacial score (nSPS) is 16.3. The van der Waals surface area contributed by atoms with Crippen LogP contribution in [0.15, 0.2) is 54.6 Å². The van der Waals surface area contributed by atoms with E-state index in [0.29, 0.717) is 18.0 Å². The van der Waals surface area contributed by atoms with Crippen LogP contribution in [-0.4, -0.2) is 41.8 Å². The molecule has 7 nitrogen and oxygen atoms in total. The van der Waals surface area contributed by atoms with E-state index in [-0.39, 0.29) is 30.7 Å². The lowest BCUT2D eigenvalue weighted by atomic mass is 10.2. The van der Waals surface area contributed by atoms with E-state index in [9.17, 15) is 14.4 Å². The van der Waals surface area contributed by atoms with Crippen molar-refractivity contribution in [1.29, 1.82) is 0 Å². The van der Waals surface area contributed by atoms with E-state index in [0.717, 1.165) is 5.75 Å². The molecule has 1 aliphatic heterocycles. The Labute approximate surface area is 157 Å². The average molecular weight is 367 g/mol. The number of hydrogen-bond donors (Lipinski definition) is 2. The highest BCUT2D eigenvalue weighted by molar-refractivity contribution is 6.05. The maximum Gasteiger partial charge on any atom is 0.244 e. The van der Waals surface area contributed by atoms with Crippen LogP contribution in [0.3, 0.4) is 0 Å². The Morgan fingerprint density at radius 3 is 2.37 bits per heavy atom. The van der Waals surface area contributed by atoms with Gasteiger partial charge in [0.25, 0.3) is 0 Å². The fraction of sp³-hybridized carbons (Fsp3) is 0.250. The second-order valence-corrected chi connectivity index (χ2v) is 6.18. The zero-order valence-electron chi connectivity index (χ0n) is 15.0. The topological polar surface area (TPSA) is 87.7 Å². The summed E-state index contributed by atoms with van der Waals surface area (Å²) in [6, 6.07) is 15.9. The van der Waals surface area contributed by atoms with Crippen molar-refractivity contribution in [2.45, 2.75) is 19.4 Å². The van der Waals surface area contributed by atoms with E-state index in [1.54, 1.807) is 29.2 Å². The zero-order chi connectivity index (χ0) is 19.2. The van der Waals surface area contributed by atoms with Crippen LogP contribution in [-0.2, 0) is 14.4 Å². The molecule has 2 aromatic rings. The van der Waals surface area contributed by atoms with Crippen LogP contribution in [0, 0.1) is 0 Å². The molecule has 0 aliphatic carbocycles. The van der Waals surface area contributed by atoms with Crippen molar-refractivity contribution in [2.75, 3.05) is 18.4 Å². The number of amides is 3. The first-order valence-electron chi connectivity index (χ1n) is 8.75. The SMILES string of the molecule is CCN(CC(=O)Nc1ccc(Oc2ccccc2)cc1)[C@H]1CC(=O)NC1=O. The highest BCUT2D eigenvalue weighted by Crippen LogP contribution is 2.22. The number of carbonyl (C=O) groups is 3. The number of para-hydroxylation sites is 1. The van der Waals surface area contributed by atoms with Crippen LogP contribution in [0.1, 0.15) is 13.3 Å². The summed E-state index contributed by atoms with van der Waals surface area (Å²) in [5, 5.41) is 5.06. The first-order valence-corrected chi connectivity index (χ1v) is 8.75. The Kier molecular flexibility index (Phi) is 5.83. The lowest BCUT2D eigenvalue weighted by Gasteiger charge is -2.24. The highest BCUT2D eigenvalue weighted by atomic mass is 16.5. The molecule has 1 aliphatic rings. The molecular formula is C20H21N3O4. The Morgan fingerprint density at radius 1 is 1.11 bits per heavy atom. The van der Waals surface area contributed by atoms with Crippen LogP contribution in [0.2, 0.25) is 0 Å². The summed E-state index contributed by atoms with van der Waals surface area (Å²) < 4.78 is 5.71. The van der Waals surface area contributed by atoms with Crippen LogP contribution in [0.25, 0.3) is 0 Å². The van der Waals surface area contributed by atoms with Gasteiger partial charge < -0.3 is 10.1 Å². The van der Waals surface area contributed by atoms with E-state index < -0.39 is 6.04 Å². The molecular weight excluding hydrogens is 346 g/mol. The van der Waals surface area contributed by atoms with Gasteiger partial charge in [0.2, 0.25) is 17.7 Å². The number of rotatable bonds is 7. The van der Waals surface area contributed by atoms with E-state index in [1.807, 2.05) is 37.3 Å². The molecule has 2 N–H and O–H groups in total. The molecule has 0 radical (unpaired) electrons. The Morgan fingerprint density at radius 2 is 1.78 bits per heavy atom. The van der Waals surface area contributed by atoms with Crippen LogP contribution >= 0.6 is 0 Å². The molecule has 7 heteroatoms. The lowest BCUT2D eigenvalue weighted by molar-refractivity contribution is -0.126. The monoisotopic (exact) mass is 367 g/mol. The van der Waals surface area contributed by atoms with Gasteiger partial charge in [0, 0.05) is 5.69 Å². The molecule has 0 spiro atoms. The summed E-state index contributed by atoms with van der Waals surface area (Å²) in [6.45, 7) is 2.37. The van der Waals surface area contributed by atoms with Crippen LogP contribution in [0.5, 0.6) is 11.5 Å². The summed E-state index contributed by atoms with van der Waals surface area (Å²) in [5.74, 6) is 0.489. The van der Waals surface area contributed by atoms with Gasteiger partial charge in [0.1, 0.15) is 11.5 Å². The third-order valence-electron chi connectivity index (χ3n) is 4.25. The van der Waals surface area contributed by atoms with Crippen molar-refractivity contribution >= 4 is 23.4 Å². The molecule has 3 rings (SSSR count). The second kappa shape index (κ2) is 8.46. The number of nitrogens with zero attached hydrogens (tertiary/aromatic N) is 1. The number of benzene rings is 2. The largest absolute Gasteiger partial charge is 0.457 e. The minimum Gasteiger partial charge on any atom is -0.457 e. The van der Waals surface area contributed by atoms with Gasteiger partial charge in [0.05, 0.1) is 19.0 Å². The smallest absolute Gasteiger partial charge is 0.244 e. The molecule has 0 saturated carbocycles. The Bertz CT molecular complexity index is 821. The number of likely N-dealkylation sites (N-methyl/N-ethyl adjacent to an activating group) is 1. The fourth-order valence-corrected chi connectivity index (χ4v) is 2.89. The van der Waals surface area contributed by atoms with Crippen molar-refractivity contribution in [3.05, 3.63) is 54.6 Å². The molecule has 0 unspecified atom stereocenters. The summed E-state index contributed by atoms with van der Waals surface area (Å²) >= 11 is 0. The van der Waals surface area contributed by atoms with E-state index in [4.69, 9.17) is 4.74 Å². The van der Waals surface area contributed by atoms with E-state index in [1.165, 1.54) is 0 Å². The van der Waals surface area contributed by atoms with Crippen molar-refractivity contribution in [1.82, 2.24) is 10.2 Å². The number of imide groups is 1. The van der Waals surface area contributed by atoms with Gasteiger partial charge in [-0.3, -0.25) is 24.6 Å². The number of carbonyl (C=O) groups excluding carboxylic acids is 3. The highest BCUT2D eigenvalue weighted by Gasteiger charge is 2.35. The molecule has 3 amide bonds. The van der Waals surface area contributed by atoms with E-state index in [2.05, 4.69) is 10.6 Å². The minimum atomic E-state index is -0.588. The maximum atomic E-state index is 12.3. The summed E-state index contributed by atoms with van der Waals surface area (Å²) in [6.07, 6.45) is 0.0888. The molecule has 1 fully saturated rings. The third kappa shape index (κ3) is 4.92. The van der Waals surface area contributed by atoms with Gasteiger partial charge in [-0.05, 0) is 42.9 Å². The fourth-order valence-electron chi connectivity index (χ4n) is 2.89. The average Bonchev–Trinajstić information content (AvgIpc) is 3.00. The second-order valence-electron chi connectivity index (χ2n) is 6.18. The molecule has 2 aromatic carbocycles. The zero-order valence-corrected chi connectivity index (χ0v) is 15.0. The minimum absolute atomic E-state index is 0.0319. The molecule has 1 heterocycles. The Balaban J connectivity index is 1.55. The maximum absolute atomic E-state index is 12.3. The first-order chi connectivity index (χ1) is 13.0. The molecule has 140 valence electrons. The third-order valence-corrected chi connectivity index (χ3v) is 4.25. The van der Waals surface area contributed by atoms with Gasteiger partial charge in [-0.25, -0.2) is 0 Å². The number of hydrogen-bond acceptors (Lipinski definition) is 5. The molecule has 1 atom stereocenters. The van der Waals surface area contributed by atoms with E-state index >= 15 is 0 Å².